The van der Waals surface area contributed by atoms with Crippen molar-refractivity contribution in [3.8, 4) is 0 Å². The number of halogens is 4. The quantitative estimate of drug-likeness (QED) is 0.167. The maximum Gasteiger partial charge on any atom is 2.00 e. The minimum absolute atomic E-state index is 0. The van der Waals surface area contributed by atoms with E-state index in [4.69, 9.17) is 29.8 Å². The largest absolute Gasteiger partial charge is 2.00 e. The van der Waals surface area contributed by atoms with Crippen molar-refractivity contribution in [2.75, 3.05) is 0 Å². The van der Waals surface area contributed by atoms with E-state index in [0.717, 1.165) is 0 Å². The Bertz CT molecular complexity index is 212. The number of hydrogen-bond donors (Lipinski definition) is 2. The van der Waals surface area contributed by atoms with Crippen molar-refractivity contribution >= 4 is 244 Å². The molecule has 4 radical (unpaired) electrons. The van der Waals surface area contributed by atoms with Crippen molar-refractivity contribution < 1.29 is 22.3 Å². The van der Waals surface area contributed by atoms with E-state index in [0.29, 0.717) is 0 Å². The fraction of sp³-hybridized carbons (Fsp3) is 1.00. The van der Waals surface area contributed by atoms with E-state index in [2.05, 4.69) is 127 Å². The van der Waals surface area contributed by atoms with Gasteiger partial charge in [-0.15, -0.1) is 24.0 Å². The Morgan fingerprint density at radius 1 is 0.731 bits per heavy atom. The van der Waals surface area contributed by atoms with Crippen molar-refractivity contribution in [2.24, 2.45) is 0 Å². The van der Waals surface area contributed by atoms with Crippen LogP contribution >= 0.6 is 51.5 Å². The monoisotopic (exact) mass is 984 g/mol. The minimum Gasteiger partial charge on any atom is -1.00 e. The van der Waals surface area contributed by atoms with E-state index in [1.54, 1.807) is 0 Å². The second-order valence-corrected chi connectivity index (χ2v) is 13.2. The van der Waals surface area contributed by atoms with Crippen LogP contribution in [-0.2, 0) is 146 Å². The third kappa shape index (κ3) is 442. The van der Waals surface area contributed by atoms with Gasteiger partial charge in [0.25, 0.3) is 0 Å². The van der Waals surface area contributed by atoms with Crippen LogP contribution in [0, 0.1) is 0 Å². The molecule has 0 aliphatic carbocycles. The molecule has 0 fully saturated rings. The van der Waals surface area contributed by atoms with Gasteiger partial charge in [0.05, 0.1) is 0 Å². The van der Waals surface area contributed by atoms with Crippen LogP contribution in [-0.4, -0.2) is 63.8 Å². The zero-order valence-electron chi connectivity index (χ0n) is 15.3. The van der Waals surface area contributed by atoms with Crippen molar-refractivity contribution in [3.63, 3.8) is 0 Å². The smallest absolute Gasteiger partial charge is 1.00 e. The molecular formula is C5H29AuB2Cl3IMg2S12. The van der Waals surface area contributed by atoms with Crippen molar-refractivity contribution in [3.05, 3.63) is 0 Å². The molecule has 0 aliphatic heterocycles. The average molecular weight is 987 g/mol. The first-order valence-corrected chi connectivity index (χ1v) is 19.2. The second-order valence-electron chi connectivity index (χ2n) is 0.265. The summed E-state index contributed by atoms with van der Waals surface area (Å²) in [4.78, 5) is 0. The van der Waals surface area contributed by atoms with E-state index in [1.165, 1.54) is 0 Å². The summed E-state index contributed by atoms with van der Waals surface area (Å²) in [7, 11) is 20.8. The van der Waals surface area contributed by atoms with Gasteiger partial charge in [0.1, 0.15) is 2.25 Å². The van der Waals surface area contributed by atoms with Gasteiger partial charge in [0.2, 0.25) is 0 Å². The fourth-order valence-corrected chi connectivity index (χ4v) is 0. The van der Waals surface area contributed by atoms with Gasteiger partial charge in [-0.1, -0.05) is 55.6 Å². The number of hydrogen-bond acceptors (Lipinski definition) is 10. The molecule has 0 heterocycles. The Kier molecular flexibility index (Phi) is 699. The van der Waals surface area contributed by atoms with E-state index in [1.807, 2.05) is 0 Å². The molecule has 0 amide bonds. The van der Waals surface area contributed by atoms with Crippen LogP contribution in [0.25, 0.3) is 0 Å². The summed E-state index contributed by atoms with van der Waals surface area (Å²) < 4.78 is 13.2. The van der Waals surface area contributed by atoms with Crippen molar-refractivity contribution in [2.45, 2.75) is 37.1 Å². The zero-order valence-corrected chi connectivity index (χ0v) is 28.7. The Labute approximate surface area is 299 Å². The molecule has 0 aromatic rings. The van der Waals surface area contributed by atoms with Gasteiger partial charge in [0, 0.05) is 106 Å². The fourth-order valence-electron chi connectivity index (χ4n) is 0. The Morgan fingerprint density at radius 2 is 0.769 bits per heavy atom. The van der Waals surface area contributed by atoms with E-state index >= 15 is 0 Å². The van der Waals surface area contributed by atoms with Crippen LogP contribution in [0.1, 0.15) is 44.3 Å². The van der Waals surface area contributed by atoms with Crippen molar-refractivity contribution in [1.29, 1.82) is 2.25 Å². The first-order chi connectivity index (χ1) is 9.37. The molecule has 0 aromatic heterocycles. The minimum atomic E-state index is -1.79. The second kappa shape index (κ2) is 215. The molecule has 0 N–H and O–H groups in total. The SMILES string of the molecule is C.C.C.C.C.I.S=S.S=S.S=S.S=S.[3H-].[3H-].[3H-].[3HH].[3H]S(=S)S([3H])=S.[B][B].[Cl][Au]([Cl])[Cl].[H-].[Mg+2].[Mg+2]. The topological polar surface area (TPSA) is 0 Å². The van der Waals surface area contributed by atoms with Gasteiger partial charge >= 0.3 is 88.9 Å². The molecule has 170 valence electrons. The average Bonchev–Trinajstić information content (AvgIpc) is 2.49. The molecule has 0 aromatic carbocycles. The van der Waals surface area contributed by atoms with Crippen molar-refractivity contribution in [1.82, 2.24) is 0 Å². The Balaban J connectivity index is -0.00000000325. The predicted octanol–water partition coefficient (Wildman–Crippen LogP) is 4.47. The number of thiol groups is 2. The molecule has 26 heavy (non-hydrogen) atoms. The van der Waals surface area contributed by atoms with Crippen LogP contribution in [0.5, 0.6) is 0 Å². The maximum absolute atomic E-state index is 6.60. The molecule has 0 rings (SSSR count). The third-order valence-electron chi connectivity index (χ3n) is 0.0278. The molecule has 0 bridgehead atoms. The molecule has 0 saturated carbocycles. The van der Waals surface area contributed by atoms with E-state index < -0.39 is 33.7 Å². The Morgan fingerprint density at radius 3 is 0.769 bits per heavy atom. The Hall–Kier alpha value is 6.90. The van der Waals surface area contributed by atoms with E-state index in [9.17, 15) is 0 Å². The molecule has 2 unspecified atom stereocenters. The first kappa shape index (κ1) is 84.5. The van der Waals surface area contributed by atoms with Crippen LogP contribution in [0.15, 0.2) is 0 Å². The molecule has 0 spiro atoms. The van der Waals surface area contributed by atoms with Gasteiger partial charge < -0.3 is 5.71 Å². The van der Waals surface area contributed by atoms with Gasteiger partial charge in [-0.2, -0.15) is 0 Å². The first-order valence-electron chi connectivity index (χ1n) is 2.66. The molecule has 0 aliphatic rings. The summed E-state index contributed by atoms with van der Waals surface area (Å²) in [6.07, 6.45) is 0. The van der Waals surface area contributed by atoms with Gasteiger partial charge in [-0.05, 0) is 22.4 Å². The molecule has 0 nitrogen and oxygen atoms in total. The van der Waals surface area contributed by atoms with Gasteiger partial charge in [-0.3, -0.25) is 0 Å². The summed E-state index contributed by atoms with van der Waals surface area (Å²) in [5, 5.41) is 0. The van der Waals surface area contributed by atoms with Crippen LogP contribution in [0.2, 0.25) is 0 Å². The molecule has 2 atom stereocenters. The van der Waals surface area contributed by atoms with Crippen LogP contribution in [0.4, 0.5) is 0 Å². The maximum atomic E-state index is 6.60. The molecule has 21 heteroatoms. The summed E-state index contributed by atoms with van der Waals surface area (Å²) in [6, 6.07) is 0. The molecular weight excluding hydrogens is 945 g/mol. The van der Waals surface area contributed by atoms with Gasteiger partial charge in [-0.25, -0.2) is 0 Å². The van der Waals surface area contributed by atoms with Crippen LogP contribution < -0.4 is 0 Å². The van der Waals surface area contributed by atoms with E-state index in [-0.39, 0.29) is 114 Å². The normalized spacial score (nSPS) is 7.12. The number of rotatable bonds is 1. The predicted molar refractivity (Wildman–Crippen MR) is 187 cm³/mol. The summed E-state index contributed by atoms with van der Waals surface area (Å²) in [5.41, 5.74) is 0. The summed E-state index contributed by atoms with van der Waals surface area (Å²) in [6.45, 7) is 0. The summed E-state index contributed by atoms with van der Waals surface area (Å²) >= 11 is 36.2. The molecule has 0 saturated heterocycles. The zero-order chi connectivity index (χ0) is 18.7. The van der Waals surface area contributed by atoms with Gasteiger partial charge in [0.15, 0.2) is 0 Å². The standard InChI is InChI=1S/5CH4.Au.B2.3ClH.HI.2Mg.H2S4.4S2.H2.4H/c;;;;;;1-2;;;;;;;1-3-4-2;4*1-2;;;;;/h5*1H4;;;4*1H;;;3-4H;;;;;1H;;;;/q;;;;;+3;;;;;;2*+2;;;;;;;4*-1/p-3/i;;;;;;;;;;;;;3T,4T;;;;;4*1+2;. The third-order valence-corrected chi connectivity index (χ3v) is 2.25. The van der Waals surface area contributed by atoms with Crippen LogP contribution in [0.3, 0.4) is 0 Å². The summed E-state index contributed by atoms with van der Waals surface area (Å²) in [5.74, 6) is 0.